The average Bonchev–Trinajstić information content (AvgIpc) is 2.37. The highest BCUT2D eigenvalue weighted by molar-refractivity contribution is 5.18. The Hall–Kier alpha value is -0.900. The number of morpholine rings is 1. The Morgan fingerprint density at radius 2 is 2.06 bits per heavy atom. The van der Waals surface area contributed by atoms with Crippen molar-refractivity contribution in [3.63, 3.8) is 0 Å². The number of hydrogen-bond donors (Lipinski definition) is 1. The van der Waals surface area contributed by atoms with Crippen LogP contribution in [0.15, 0.2) is 30.3 Å². The Morgan fingerprint density at radius 1 is 1.39 bits per heavy atom. The van der Waals surface area contributed by atoms with Crippen molar-refractivity contribution in [2.75, 3.05) is 19.6 Å². The number of nitrogens with two attached hydrogens (primary N) is 1. The van der Waals surface area contributed by atoms with Crippen molar-refractivity contribution >= 4 is 0 Å². The maximum atomic E-state index is 5.97. The van der Waals surface area contributed by atoms with Crippen LogP contribution in [0.1, 0.15) is 32.4 Å². The largest absolute Gasteiger partial charge is 0.368 e. The average molecular weight is 248 g/mol. The van der Waals surface area contributed by atoms with Crippen LogP contribution in [0.5, 0.6) is 0 Å². The lowest BCUT2D eigenvalue weighted by molar-refractivity contribution is -0.140. The van der Waals surface area contributed by atoms with Gasteiger partial charge in [0.15, 0.2) is 0 Å². The monoisotopic (exact) mass is 248 g/mol. The maximum absolute atomic E-state index is 5.97. The Labute approximate surface area is 110 Å². The van der Waals surface area contributed by atoms with Crippen LogP contribution in [0.4, 0.5) is 0 Å². The fourth-order valence-corrected chi connectivity index (χ4v) is 2.70. The first-order chi connectivity index (χ1) is 8.52. The van der Waals surface area contributed by atoms with Gasteiger partial charge in [-0.15, -0.1) is 0 Å². The topological polar surface area (TPSA) is 38.5 Å². The molecule has 3 heteroatoms. The molecule has 100 valence electrons. The fourth-order valence-electron chi connectivity index (χ4n) is 2.70. The van der Waals surface area contributed by atoms with Gasteiger partial charge in [0.25, 0.3) is 0 Å². The van der Waals surface area contributed by atoms with Gasteiger partial charge >= 0.3 is 0 Å². The minimum atomic E-state index is -0.120. The van der Waals surface area contributed by atoms with Gasteiger partial charge in [-0.2, -0.15) is 0 Å². The molecule has 2 unspecified atom stereocenters. The van der Waals surface area contributed by atoms with Gasteiger partial charge in [0.05, 0.1) is 11.7 Å². The molecule has 2 atom stereocenters. The van der Waals surface area contributed by atoms with Crippen LogP contribution in [-0.2, 0) is 4.74 Å². The summed E-state index contributed by atoms with van der Waals surface area (Å²) in [7, 11) is 0. The lowest BCUT2D eigenvalue weighted by Crippen LogP contribution is -2.55. The minimum absolute atomic E-state index is 0.120. The minimum Gasteiger partial charge on any atom is -0.368 e. The van der Waals surface area contributed by atoms with E-state index in [4.69, 9.17) is 10.5 Å². The summed E-state index contributed by atoms with van der Waals surface area (Å²) < 4.78 is 5.97. The highest BCUT2D eigenvalue weighted by atomic mass is 16.5. The van der Waals surface area contributed by atoms with Gasteiger partial charge in [0.2, 0.25) is 0 Å². The van der Waals surface area contributed by atoms with Gasteiger partial charge < -0.3 is 10.5 Å². The van der Waals surface area contributed by atoms with Crippen molar-refractivity contribution in [1.29, 1.82) is 0 Å². The summed E-state index contributed by atoms with van der Waals surface area (Å²) in [6.45, 7) is 8.97. The first-order valence-corrected chi connectivity index (χ1v) is 6.69. The molecule has 0 aliphatic carbocycles. The van der Waals surface area contributed by atoms with E-state index in [0.29, 0.717) is 12.6 Å². The highest BCUT2D eigenvalue weighted by Crippen LogP contribution is 2.28. The summed E-state index contributed by atoms with van der Waals surface area (Å²) in [6, 6.07) is 11.0. The lowest BCUT2D eigenvalue weighted by Gasteiger charge is -2.45. The van der Waals surface area contributed by atoms with Crippen LogP contribution < -0.4 is 5.73 Å². The molecular weight excluding hydrogens is 224 g/mol. The van der Waals surface area contributed by atoms with E-state index in [1.165, 1.54) is 5.56 Å². The molecule has 1 aromatic rings. The van der Waals surface area contributed by atoms with Crippen LogP contribution in [0.3, 0.4) is 0 Å². The summed E-state index contributed by atoms with van der Waals surface area (Å²) in [5.41, 5.74) is 7.01. The van der Waals surface area contributed by atoms with Crippen molar-refractivity contribution in [1.82, 2.24) is 4.90 Å². The van der Waals surface area contributed by atoms with E-state index in [1.807, 2.05) is 0 Å². The van der Waals surface area contributed by atoms with Crippen molar-refractivity contribution in [2.45, 2.75) is 38.5 Å². The molecular formula is C15H24N2O. The lowest BCUT2D eigenvalue weighted by atomic mass is 10.00. The molecule has 1 saturated heterocycles. The predicted molar refractivity (Wildman–Crippen MR) is 74.4 cm³/mol. The predicted octanol–water partition coefficient (Wildman–Crippen LogP) is 2.19. The maximum Gasteiger partial charge on any atom is 0.0832 e. The quantitative estimate of drug-likeness (QED) is 0.891. The molecule has 0 saturated carbocycles. The Morgan fingerprint density at radius 3 is 2.67 bits per heavy atom. The van der Waals surface area contributed by atoms with Crippen molar-refractivity contribution in [3.05, 3.63) is 35.9 Å². The second-order valence-electron chi connectivity index (χ2n) is 5.75. The van der Waals surface area contributed by atoms with E-state index < -0.39 is 0 Å². The molecule has 1 aliphatic heterocycles. The number of hydrogen-bond acceptors (Lipinski definition) is 3. The third-order valence-corrected chi connectivity index (χ3v) is 3.60. The first kappa shape index (κ1) is 13.5. The van der Waals surface area contributed by atoms with E-state index in [9.17, 15) is 0 Å². The zero-order valence-corrected chi connectivity index (χ0v) is 11.6. The van der Waals surface area contributed by atoms with E-state index in [2.05, 4.69) is 56.0 Å². The van der Waals surface area contributed by atoms with Gasteiger partial charge in [-0.05, 0) is 26.3 Å². The second kappa shape index (κ2) is 5.39. The number of ether oxygens (including phenoxy) is 1. The van der Waals surface area contributed by atoms with Gasteiger partial charge in [-0.3, -0.25) is 4.90 Å². The summed E-state index contributed by atoms with van der Waals surface area (Å²) in [6.07, 6.45) is 0.139. The molecule has 1 aliphatic rings. The van der Waals surface area contributed by atoms with Gasteiger partial charge in [0, 0.05) is 25.7 Å². The van der Waals surface area contributed by atoms with E-state index >= 15 is 0 Å². The molecule has 2 N–H and O–H groups in total. The van der Waals surface area contributed by atoms with Crippen LogP contribution >= 0.6 is 0 Å². The molecule has 1 heterocycles. The summed E-state index contributed by atoms with van der Waals surface area (Å²) in [4.78, 5) is 2.47. The SMILES string of the molecule is CC(c1ccccc1)N1CC(CN)OC(C)(C)C1. The van der Waals surface area contributed by atoms with Crippen LogP contribution in [0, 0.1) is 0 Å². The van der Waals surface area contributed by atoms with Gasteiger partial charge in [0.1, 0.15) is 0 Å². The molecule has 2 rings (SSSR count). The summed E-state index contributed by atoms with van der Waals surface area (Å²) in [5.74, 6) is 0. The Kier molecular flexibility index (Phi) is 4.05. The number of rotatable bonds is 3. The van der Waals surface area contributed by atoms with Crippen LogP contribution in [0.2, 0.25) is 0 Å². The van der Waals surface area contributed by atoms with Crippen LogP contribution in [0.25, 0.3) is 0 Å². The zero-order valence-electron chi connectivity index (χ0n) is 11.6. The molecule has 0 aromatic heterocycles. The second-order valence-corrected chi connectivity index (χ2v) is 5.75. The fraction of sp³-hybridized carbons (Fsp3) is 0.600. The van der Waals surface area contributed by atoms with Crippen molar-refractivity contribution in [2.24, 2.45) is 5.73 Å². The summed E-state index contributed by atoms with van der Waals surface area (Å²) >= 11 is 0. The van der Waals surface area contributed by atoms with Gasteiger partial charge in [-0.25, -0.2) is 0 Å². The van der Waals surface area contributed by atoms with Gasteiger partial charge in [-0.1, -0.05) is 30.3 Å². The third-order valence-electron chi connectivity index (χ3n) is 3.60. The van der Waals surface area contributed by atoms with E-state index in [-0.39, 0.29) is 11.7 Å². The first-order valence-electron chi connectivity index (χ1n) is 6.69. The zero-order chi connectivity index (χ0) is 13.2. The van der Waals surface area contributed by atoms with Crippen molar-refractivity contribution < 1.29 is 4.74 Å². The third kappa shape index (κ3) is 3.10. The molecule has 0 spiro atoms. The molecule has 1 aromatic carbocycles. The molecule has 0 bridgehead atoms. The molecule has 3 nitrogen and oxygen atoms in total. The Bertz CT molecular complexity index is 377. The normalized spacial score (nSPS) is 25.9. The summed E-state index contributed by atoms with van der Waals surface area (Å²) in [5, 5.41) is 0. The van der Waals surface area contributed by atoms with Crippen molar-refractivity contribution in [3.8, 4) is 0 Å². The smallest absolute Gasteiger partial charge is 0.0832 e. The standard InChI is InChI=1S/C15H24N2O/c1-12(13-7-5-4-6-8-13)17-10-14(9-16)18-15(2,3)11-17/h4-8,12,14H,9-11,16H2,1-3H3. The van der Waals surface area contributed by atoms with E-state index in [1.54, 1.807) is 0 Å². The number of benzene rings is 1. The molecule has 18 heavy (non-hydrogen) atoms. The van der Waals surface area contributed by atoms with Crippen LogP contribution in [-0.4, -0.2) is 36.2 Å². The molecule has 1 fully saturated rings. The highest BCUT2D eigenvalue weighted by Gasteiger charge is 2.34. The Balaban J connectivity index is 2.12. The molecule has 0 amide bonds. The van der Waals surface area contributed by atoms with E-state index in [0.717, 1.165) is 13.1 Å². The number of nitrogens with zero attached hydrogens (tertiary/aromatic N) is 1. The molecule has 0 radical (unpaired) electrons.